The number of pyridine rings is 1. The van der Waals surface area contributed by atoms with Crippen molar-refractivity contribution in [2.75, 3.05) is 26.7 Å². The van der Waals surface area contributed by atoms with E-state index in [9.17, 15) is 0 Å². The molecule has 4 heteroatoms. The zero-order valence-corrected chi connectivity index (χ0v) is 18.6. The molecule has 0 saturated carbocycles. The first-order valence-corrected chi connectivity index (χ1v) is 10.5. The van der Waals surface area contributed by atoms with Crippen LogP contribution >= 0.6 is 0 Å². The first-order chi connectivity index (χ1) is 14.5. The molecule has 0 atom stereocenters. The standard InChI is InChI=1S/C15H23N3.C8H10.C3H2O/c1-12-10-16-7-4-15(12)13(2)17-11-14-5-8-18(3)9-6-14;1-2-8-6-4-3-5-7-8;1-2-3-4/h4,7,10,14,17H,2,5-6,8-9,11H2,1,3H3;3-7H,2H2,1H3;1,3H. The molecule has 1 aliphatic heterocycles. The average molecular weight is 406 g/mol. The minimum atomic E-state index is 0.403. The summed E-state index contributed by atoms with van der Waals surface area (Å²) in [5, 5.41) is 3.48. The molecule has 2 aromatic rings. The number of aldehydes is 1. The molecule has 0 radical (unpaired) electrons. The van der Waals surface area contributed by atoms with Gasteiger partial charge in [-0.05, 0) is 75.4 Å². The first-order valence-electron chi connectivity index (χ1n) is 10.5. The number of hydrogen-bond donors (Lipinski definition) is 1. The lowest BCUT2D eigenvalue weighted by molar-refractivity contribution is -0.103. The topological polar surface area (TPSA) is 45.2 Å². The zero-order valence-electron chi connectivity index (χ0n) is 18.6. The van der Waals surface area contributed by atoms with Gasteiger partial charge in [-0.25, -0.2) is 0 Å². The summed E-state index contributed by atoms with van der Waals surface area (Å²) in [6, 6.07) is 12.5. The number of likely N-dealkylation sites (tertiary alicyclic amines) is 1. The van der Waals surface area contributed by atoms with E-state index in [0.29, 0.717) is 6.29 Å². The molecule has 0 unspecified atom stereocenters. The molecule has 1 N–H and O–H groups in total. The van der Waals surface area contributed by atoms with Crippen LogP contribution in [-0.4, -0.2) is 42.9 Å². The molecule has 0 aliphatic carbocycles. The van der Waals surface area contributed by atoms with Gasteiger partial charge < -0.3 is 10.2 Å². The van der Waals surface area contributed by atoms with Crippen LogP contribution in [-0.2, 0) is 11.2 Å². The number of terminal acetylenes is 1. The highest BCUT2D eigenvalue weighted by molar-refractivity contribution is 5.71. The molecule has 1 aromatic heterocycles. The van der Waals surface area contributed by atoms with Gasteiger partial charge in [-0.3, -0.25) is 9.78 Å². The monoisotopic (exact) mass is 405 g/mol. The van der Waals surface area contributed by atoms with Gasteiger partial charge in [-0.2, -0.15) is 0 Å². The van der Waals surface area contributed by atoms with E-state index in [1.807, 2.05) is 24.5 Å². The van der Waals surface area contributed by atoms with E-state index in [1.165, 1.54) is 42.6 Å². The molecule has 1 aromatic carbocycles. The maximum atomic E-state index is 8.94. The predicted molar refractivity (Wildman–Crippen MR) is 127 cm³/mol. The van der Waals surface area contributed by atoms with E-state index in [-0.39, 0.29) is 0 Å². The van der Waals surface area contributed by atoms with Crippen LogP contribution in [0.4, 0.5) is 0 Å². The van der Waals surface area contributed by atoms with Crippen LogP contribution in [0.5, 0.6) is 0 Å². The molecule has 3 rings (SSSR count). The molecule has 160 valence electrons. The Morgan fingerprint density at radius 2 is 1.93 bits per heavy atom. The fourth-order valence-electron chi connectivity index (χ4n) is 3.15. The normalized spacial score (nSPS) is 13.5. The molecule has 1 saturated heterocycles. The third-order valence-electron chi connectivity index (χ3n) is 5.11. The Hall–Kier alpha value is -2.90. The summed E-state index contributed by atoms with van der Waals surface area (Å²) in [6.45, 7) is 11.8. The molecule has 0 amide bonds. The van der Waals surface area contributed by atoms with Crippen LogP contribution in [0.15, 0.2) is 55.4 Å². The largest absolute Gasteiger partial charge is 0.385 e. The number of rotatable bonds is 5. The SMILES string of the molecule is C#CC=O.C=C(NCC1CCN(C)CC1)c1ccncc1C.CCc1ccccc1. The van der Waals surface area contributed by atoms with E-state index in [0.717, 1.165) is 24.6 Å². The second kappa shape index (κ2) is 15.0. The van der Waals surface area contributed by atoms with Gasteiger partial charge in [-0.1, -0.05) is 43.8 Å². The maximum absolute atomic E-state index is 8.94. The summed E-state index contributed by atoms with van der Waals surface area (Å²) in [6.07, 6.45) is 12.2. The van der Waals surface area contributed by atoms with Crippen LogP contribution in [0.3, 0.4) is 0 Å². The molecular formula is C26H35N3O. The van der Waals surface area contributed by atoms with Crippen molar-refractivity contribution < 1.29 is 4.79 Å². The van der Waals surface area contributed by atoms with Gasteiger partial charge in [0.2, 0.25) is 0 Å². The lowest BCUT2D eigenvalue weighted by atomic mass is 9.97. The summed E-state index contributed by atoms with van der Waals surface area (Å²) in [7, 11) is 2.20. The van der Waals surface area contributed by atoms with Crippen LogP contribution in [0.25, 0.3) is 5.70 Å². The average Bonchev–Trinajstić information content (AvgIpc) is 2.80. The van der Waals surface area contributed by atoms with E-state index < -0.39 is 0 Å². The van der Waals surface area contributed by atoms with Crippen molar-refractivity contribution >= 4 is 12.0 Å². The summed E-state index contributed by atoms with van der Waals surface area (Å²) < 4.78 is 0. The van der Waals surface area contributed by atoms with Gasteiger partial charge in [0.15, 0.2) is 6.29 Å². The number of hydrogen-bond acceptors (Lipinski definition) is 4. The Bertz CT molecular complexity index is 787. The second-order valence-electron chi connectivity index (χ2n) is 7.42. The van der Waals surface area contributed by atoms with Crippen molar-refractivity contribution in [3.05, 3.63) is 72.1 Å². The number of aryl methyl sites for hydroxylation is 2. The zero-order chi connectivity index (χ0) is 22.2. The lowest BCUT2D eigenvalue weighted by Gasteiger charge is -2.29. The Morgan fingerprint density at radius 3 is 2.43 bits per heavy atom. The number of carbonyl (C=O) groups is 1. The van der Waals surface area contributed by atoms with Crippen molar-refractivity contribution in [1.29, 1.82) is 0 Å². The molecular weight excluding hydrogens is 370 g/mol. The molecule has 0 spiro atoms. The fourth-order valence-corrected chi connectivity index (χ4v) is 3.15. The summed E-state index contributed by atoms with van der Waals surface area (Å²) in [5.74, 6) is 2.53. The van der Waals surface area contributed by atoms with E-state index in [4.69, 9.17) is 4.79 Å². The fraction of sp³-hybridized carbons (Fsp3) is 0.385. The third-order valence-corrected chi connectivity index (χ3v) is 5.11. The Morgan fingerprint density at radius 1 is 1.30 bits per heavy atom. The Balaban J connectivity index is 0.000000309. The van der Waals surface area contributed by atoms with Gasteiger partial charge in [0.25, 0.3) is 0 Å². The minimum Gasteiger partial charge on any atom is -0.385 e. The maximum Gasteiger partial charge on any atom is 0.192 e. The lowest BCUT2D eigenvalue weighted by Crippen LogP contribution is -2.34. The number of benzene rings is 1. The second-order valence-corrected chi connectivity index (χ2v) is 7.42. The minimum absolute atomic E-state index is 0.403. The van der Waals surface area contributed by atoms with Gasteiger partial charge in [-0.15, -0.1) is 6.42 Å². The van der Waals surface area contributed by atoms with Gasteiger partial charge in [0.1, 0.15) is 0 Å². The number of aromatic nitrogens is 1. The van der Waals surface area contributed by atoms with Crippen LogP contribution in [0.1, 0.15) is 36.5 Å². The molecule has 4 nitrogen and oxygen atoms in total. The molecule has 30 heavy (non-hydrogen) atoms. The Kier molecular flexibility index (Phi) is 12.6. The van der Waals surface area contributed by atoms with E-state index in [1.54, 1.807) is 5.92 Å². The van der Waals surface area contributed by atoms with Gasteiger partial charge in [0, 0.05) is 30.2 Å². The quantitative estimate of drug-likeness (QED) is 0.593. The van der Waals surface area contributed by atoms with Crippen molar-refractivity contribution in [3.63, 3.8) is 0 Å². The highest BCUT2D eigenvalue weighted by Crippen LogP contribution is 2.17. The molecule has 2 heterocycles. The number of piperidine rings is 1. The Labute approximate surface area is 182 Å². The van der Waals surface area contributed by atoms with E-state index in [2.05, 4.69) is 73.4 Å². The van der Waals surface area contributed by atoms with Crippen molar-refractivity contribution in [2.24, 2.45) is 5.92 Å². The smallest absolute Gasteiger partial charge is 0.192 e. The van der Waals surface area contributed by atoms with Gasteiger partial charge >= 0.3 is 0 Å². The highest BCUT2D eigenvalue weighted by Gasteiger charge is 2.16. The van der Waals surface area contributed by atoms with Crippen LogP contribution in [0.2, 0.25) is 0 Å². The number of nitrogens with zero attached hydrogens (tertiary/aromatic N) is 2. The summed E-state index contributed by atoms with van der Waals surface area (Å²) in [5.41, 5.74) is 4.79. The molecule has 1 aliphatic rings. The summed E-state index contributed by atoms with van der Waals surface area (Å²) in [4.78, 5) is 15.4. The highest BCUT2D eigenvalue weighted by atomic mass is 16.1. The molecule has 1 fully saturated rings. The third kappa shape index (κ3) is 10.0. The van der Waals surface area contributed by atoms with Crippen molar-refractivity contribution in [2.45, 2.75) is 33.1 Å². The number of carbonyl (C=O) groups excluding carboxylic acids is 1. The van der Waals surface area contributed by atoms with Crippen LogP contribution in [0, 0.1) is 25.2 Å². The predicted octanol–water partition coefficient (Wildman–Crippen LogP) is 4.36. The van der Waals surface area contributed by atoms with Crippen molar-refractivity contribution in [1.82, 2.24) is 15.2 Å². The summed E-state index contributed by atoms with van der Waals surface area (Å²) >= 11 is 0. The van der Waals surface area contributed by atoms with Gasteiger partial charge in [0.05, 0.1) is 0 Å². The van der Waals surface area contributed by atoms with Crippen LogP contribution < -0.4 is 5.32 Å². The first kappa shape index (κ1) is 25.1. The number of nitrogens with one attached hydrogen (secondary N) is 1. The molecule has 0 bridgehead atoms. The van der Waals surface area contributed by atoms with Crippen molar-refractivity contribution in [3.8, 4) is 12.3 Å². The van der Waals surface area contributed by atoms with E-state index >= 15 is 0 Å².